The highest BCUT2D eigenvalue weighted by molar-refractivity contribution is 5.25. The fraction of sp³-hybridized carbons (Fsp3) is 0.273. The molecule has 4 heteroatoms. The van der Waals surface area contributed by atoms with Crippen LogP contribution in [0.1, 0.15) is 24.2 Å². The maximum Gasteiger partial charge on any atom is 0.104 e. The fourth-order valence-corrected chi connectivity index (χ4v) is 1.59. The van der Waals surface area contributed by atoms with Gasteiger partial charge in [0.1, 0.15) is 5.69 Å². The van der Waals surface area contributed by atoms with Crippen LogP contribution in [0.3, 0.4) is 0 Å². The summed E-state index contributed by atoms with van der Waals surface area (Å²) in [6.45, 7) is 2.97. The minimum Gasteiger partial charge on any atom is -0.305 e. The van der Waals surface area contributed by atoms with Crippen molar-refractivity contribution in [2.45, 2.75) is 13.0 Å². The highest BCUT2D eigenvalue weighted by atomic mass is 15.3. The summed E-state index contributed by atoms with van der Waals surface area (Å²) in [5.74, 6) is 0. The second-order valence-corrected chi connectivity index (χ2v) is 3.30. The number of benzene rings is 1. The molecule has 1 atom stereocenters. The minimum atomic E-state index is 0.120. The molecule has 1 aromatic carbocycles. The van der Waals surface area contributed by atoms with E-state index in [0.29, 0.717) is 0 Å². The van der Waals surface area contributed by atoms with E-state index in [9.17, 15) is 0 Å². The van der Waals surface area contributed by atoms with Crippen molar-refractivity contribution in [2.75, 3.05) is 6.54 Å². The molecular weight excluding hydrogens is 188 g/mol. The third kappa shape index (κ3) is 2.22. The van der Waals surface area contributed by atoms with Gasteiger partial charge in [-0.05, 0) is 12.1 Å². The van der Waals surface area contributed by atoms with E-state index in [1.807, 2.05) is 18.2 Å². The first-order chi connectivity index (χ1) is 7.42. The standard InChI is InChI=1S/C11H14N4/c1-2-12-11(10-8-13-15-14-10)9-6-4-3-5-7-9/h3-8,11-12H,2H2,1H3,(H,13,14,15). The molecule has 0 saturated heterocycles. The first-order valence-corrected chi connectivity index (χ1v) is 5.06. The van der Waals surface area contributed by atoms with Gasteiger partial charge in [0.2, 0.25) is 0 Å². The lowest BCUT2D eigenvalue weighted by Crippen LogP contribution is -2.22. The van der Waals surface area contributed by atoms with Crippen LogP contribution >= 0.6 is 0 Å². The Morgan fingerprint density at radius 2 is 2.13 bits per heavy atom. The van der Waals surface area contributed by atoms with Crippen molar-refractivity contribution in [1.29, 1.82) is 0 Å². The smallest absolute Gasteiger partial charge is 0.104 e. The second-order valence-electron chi connectivity index (χ2n) is 3.30. The summed E-state index contributed by atoms with van der Waals surface area (Å²) >= 11 is 0. The Bertz CT molecular complexity index is 382. The van der Waals surface area contributed by atoms with E-state index in [2.05, 4.69) is 39.8 Å². The Morgan fingerprint density at radius 1 is 1.33 bits per heavy atom. The highest BCUT2D eigenvalue weighted by Gasteiger charge is 2.14. The van der Waals surface area contributed by atoms with E-state index < -0.39 is 0 Å². The first-order valence-electron chi connectivity index (χ1n) is 5.06. The molecule has 0 aliphatic rings. The van der Waals surface area contributed by atoms with Crippen LogP contribution in [0.5, 0.6) is 0 Å². The van der Waals surface area contributed by atoms with E-state index in [4.69, 9.17) is 0 Å². The highest BCUT2D eigenvalue weighted by Crippen LogP contribution is 2.18. The number of aromatic nitrogens is 3. The number of hydrogen-bond donors (Lipinski definition) is 2. The zero-order chi connectivity index (χ0) is 10.5. The molecule has 4 nitrogen and oxygen atoms in total. The molecule has 2 N–H and O–H groups in total. The lowest BCUT2D eigenvalue weighted by molar-refractivity contribution is 0.613. The van der Waals surface area contributed by atoms with Crippen LogP contribution in [0.25, 0.3) is 0 Å². The van der Waals surface area contributed by atoms with Crippen molar-refractivity contribution in [3.8, 4) is 0 Å². The lowest BCUT2D eigenvalue weighted by atomic mass is 10.0. The van der Waals surface area contributed by atoms with Gasteiger partial charge >= 0.3 is 0 Å². The summed E-state index contributed by atoms with van der Waals surface area (Å²) in [6, 6.07) is 10.4. The molecular formula is C11H14N4. The molecule has 1 unspecified atom stereocenters. The monoisotopic (exact) mass is 202 g/mol. The molecule has 2 aromatic rings. The summed E-state index contributed by atoms with van der Waals surface area (Å²) < 4.78 is 0. The third-order valence-electron chi connectivity index (χ3n) is 2.27. The fourth-order valence-electron chi connectivity index (χ4n) is 1.59. The summed E-state index contributed by atoms with van der Waals surface area (Å²) in [5.41, 5.74) is 2.12. The Kier molecular flexibility index (Phi) is 3.09. The van der Waals surface area contributed by atoms with E-state index in [-0.39, 0.29) is 6.04 Å². The molecule has 0 aliphatic carbocycles. The minimum absolute atomic E-state index is 0.120. The number of rotatable bonds is 4. The molecule has 2 rings (SSSR count). The molecule has 1 aromatic heterocycles. The zero-order valence-electron chi connectivity index (χ0n) is 8.64. The molecule has 15 heavy (non-hydrogen) atoms. The van der Waals surface area contributed by atoms with Gasteiger partial charge in [0.15, 0.2) is 0 Å². The van der Waals surface area contributed by atoms with Crippen molar-refractivity contribution in [3.63, 3.8) is 0 Å². The number of hydrogen-bond acceptors (Lipinski definition) is 3. The molecule has 0 bridgehead atoms. The molecule has 0 saturated carbocycles. The molecule has 1 heterocycles. The van der Waals surface area contributed by atoms with Crippen molar-refractivity contribution >= 4 is 0 Å². The molecule has 78 valence electrons. The normalized spacial score (nSPS) is 12.6. The third-order valence-corrected chi connectivity index (χ3v) is 2.27. The van der Waals surface area contributed by atoms with E-state index in [1.165, 1.54) is 5.56 Å². The lowest BCUT2D eigenvalue weighted by Gasteiger charge is -2.15. The van der Waals surface area contributed by atoms with Crippen molar-refractivity contribution < 1.29 is 0 Å². The topological polar surface area (TPSA) is 53.6 Å². The predicted molar refractivity (Wildman–Crippen MR) is 58.3 cm³/mol. The van der Waals surface area contributed by atoms with Gasteiger partial charge < -0.3 is 5.32 Å². The molecule has 0 fully saturated rings. The maximum atomic E-state index is 4.11. The number of nitrogens with one attached hydrogen (secondary N) is 2. The molecule has 0 aliphatic heterocycles. The summed E-state index contributed by atoms with van der Waals surface area (Å²) in [7, 11) is 0. The van der Waals surface area contributed by atoms with Crippen LogP contribution in [-0.2, 0) is 0 Å². The van der Waals surface area contributed by atoms with Gasteiger partial charge in [-0.3, -0.25) is 0 Å². The number of H-pyrrole nitrogens is 1. The van der Waals surface area contributed by atoms with Gasteiger partial charge in [-0.1, -0.05) is 37.3 Å². The van der Waals surface area contributed by atoms with E-state index in [1.54, 1.807) is 6.20 Å². The van der Waals surface area contributed by atoms with Crippen LogP contribution in [0.4, 0.5) is 0 Å². The van der Waals surface area contributed by atoms with Gasteiger partial charge in [-0.25, -0.2) is 0 Å². The van der Waals surface area contributed by atoms with Crippen LogP contribution in [0.2, 0.25) is 0 Å². The van der Waals surface area contributed by atoms with Gasteiger partial charge in [0.25, 0.3) is 0 Å². The average Bonchev–Trinajstić information content (AvgIpc) is 2.80. The maximum absolute atomic E-state index is 4.11. The van der Waals surface area contributed by atoms with Crippen molar-refractivity contribution in [1.82, 2.24) is 20.7 Å². The van der Waals surface area contributed by atoms with Crippen LogP contribution in [0, 0.1) is 0 Å². The SMILES string of the molecule is CCNC(c1ccccc1)c1cn[nH]n1. The Morgan fingerprint density at radius 3 is 2.73 bits per heavy atom. The summed E-state index contributed by atoms with van der Waals surface area (Å²) in [4.78, 5) is 0. The van der Waals surface area contributed by atoms with Crippen LogP contribution in [0.15, 0.2) is 36.5 Å². The van der Waals surface area contributed by atoms with E-state index >= 15 is 0 Å². The summed E-state index contributed by atoms with van der Waals surface area (Å²) in [6.07, 6.45) is 1.75. The number of aromatic amines is 1. The van der Waals surface area contributed by atoms with E-state index in [0.717, 1.165) is 12.2 Å². The zero-order valence-corrected chi connectivity index (χ0v) is 8.64. The van der Waals surface area contributed by atoms with Crippen molar-refractivity contribution in [3.05, 3.63) is 47.8 Å². The van der Waals surface area contributed by atoms with Gasteiger partial charge in [0.05, 0.1) is 12.2 Å². The molecule has 0 amide bonds. The average molecular weight is 202 g/mol. The number of nitrogens with zero attached hydrogens (tertiary/aromatic N) is 2. The Hall–Kier alpha value is -1.68. The second kappa shape index (κ2) is 4.70. The summed E-state index contributed by atoms with van der Waals surface area (Å²) in [5, 5.41) is 14.0. The van der Waals surface area contributed by atoms with Crippen LogP contribution in [-0.4, -0.2) is 22.0 Å². The van der Waals surface area contributed by atoms with Gasteiger partial charge in [-0.15, -0.1) is 0 Å². The Balaban J connectivity index is 2.28. The largest absolute Gasteiger partial charge is 0.305 e. The predicted octanol–water partition coefficient (Wildman–Crippen LogP) is 1.50. The van der Waals surface area contributed by atoms with Crippen molar-refractivity contribution in [2.24, 2.45) is 0 Å². The Labute approximate surface area is 88.7 Å². The molecule has 0 radical (unpaired) electrons. The first kappa shape index (κ1) is 9.86. The molecule has 0 spiro atoms. The quantitative estimate of drug-likeness (QED) is 0.790. The van der Waals surface area contributed by atoms with Crippen LogP contribution < -0.4 is 5.32 Å². The van der Waals surface area contributed by atoms with Gasteiger partial charge in [-0.2, -0.15) is 15.4 Å². The van der Waals surface area contributed by atoms with Gasteiger partial charge in [0, 0.05) is 0 Å².